The summed E-state index contributed by atoms with van der Waals surface area (Å²) in [5.74, 6) is 2.32. The minimum absolute atomic E-state index is 0.259. The summed E-state index contributed by atoms with van der Waals surface area (Å²) in [4.78, 5) is 6.84. The lowest BCUT2D eigenvalue weighted by Crippen LogP contribution is -2.31. The lowest BCUT2D eigenvalue weighted by atomic mass is 10.1. The van der Waals surface area contributed by atoms with Crippen LogP contribution in [0.25, 0.3) is 0 Å². The molecule has 0 aliphatic carbocycles. The van der Waals surface area contributed by atoms with Crippen molar-refractivity contribution in [2.75, 3.05) is 27.1 Å². The van der Waals surface area contributed by atoms with Crippen LogP contribution in [0, 0.1) is 0 Å². The van der Waals surface area contributed by atoms with E-state index in [1.807, 2.05) is 30.5 Å². The Bertz CT molecular complexity index is 732. The molecule has 0 N–H and O–H groups in total. The van der Waals surface area contributed by atoms with Crippen molar-refractivity contribution in [2.45, 2.75) is 32.0 Å². The van der Waals surface area contributed by atoms with Gasteiger partial charge in [0.15, 0.2) is 11.5 Å². The van der Waals surface area contributed by atoms with E-state index in [9.17, 15) is 0 Å². The highest BCUT2D eigenvalue weighted by Gasteiger charge is 2.23. The van der Waals surface area contributed by atoms with E-state index in [1.165, 1.54) is 0 Å². The lowest BCUT2D eigenvalue weighted by Gasteiger charge is -2.26. The molecule has 0 saturated carbocycles. The van der Waals surface area contributed by atoms with Gasteiger partial charge in [-0.15, -0.1) is 0 Å². The van der Waals surface area contributed by atoms with E-state index in [4.69, 9.17) is 18.9 Å². The van der Waals surface area contributed by atoms with Crippen LogP contribution in [0.2, 0.25) is 0 Å². The zero-order valence-corrected chi connectivity index (χ0v) is 15.0. The number of ether oxygens (including phenoxy) is 4. The molecule has 6 heteroatoms. The standard InChI is InChI=1S/C20H24N2O4/c1-23-18-10-20-19(25-14-26-20)9-15(18)11-22(13-17-6-4-8-24-17)12-16-5-2-3-7-21-16/h2-3,5,7,9-10,17H,4,6,8,11-14H2,1H3. The normalized spacial score (nSPS) is 18.5. The van der Waals surface area contributed by atoms with Gasteiger partial charge in [-0.1, -0.05) is 6.07 Å². The SMILES string of the molecule is COc1cc2c(cc1CN(Cc1ccccn1)CC1CCCO1)OCO2. The predicted octanol–water partition coefficient (Wildman–Crippen LogP) is 3.00. The fourth-order valence-corrected chi connectivity index (χ4v) is 3.50. The van der Waals surface area contributed by atoms with Crippen molar-refractivity contribution in [2.24, 2.45) is 0 Å². The van der Waals surface area contributed by atoms with E-state index in [1.54, 1.807) is 7.11 Å². The second-order valence-corrected chi connectivity index (χ2v) is 6.64. The first-order chi connectivity index (χ1) is 12.8. The molecule has 1 saturated heterocycles. The number of aromatic nitrogens is 1. The minimum Gasteiger partial charge on any atom is -0.496 e. The first-order valence-electron chi connectivity index (χ1n) is 9.02. The molecule has 26 heavy (non-hydrogen) atoms. The number of methoxy groups -OCH3 is 1. The van der Waals surface area contributed by atoms with Gasteiger partial charge in [0.25, 0.3) is 0 Å². The predicted molar refractivity (Wildman–Crippen MR) is 96.4 cm³/mol. The summed E-state index contributed by atoms with van der Waals surface area (Å²) in [6, 6.07) is 9.94. The molecule has 4 rings (SSSR count). The van der Waals surface area contributed by atoms with E-state index in [-0.39, 0.29) is 12.9 Å². The summed E-state index contributed by atoms with van der Waals surface area (Å²) in [6.07, 6.45) is 4.35. The van der Waals surface area contributed by atoms with Gasteiger partial charge in [-0.2, -0.15) is 0 Å². The molecule has 0 bridgehead atoms. The third kappa shape index (κ3) is 3.92. The quantitative estimate of drug-likeness (QED) is 0.760. The Labute approximate surface area is 153 Å². The Hall–Kier alpha value is -2.31. The van der Waals surface area contributed by atoms with Gasteiger partial charge in [-0.05, 0) is 31.0 Å². The lowest BCUT2D eigenvalue weighted by molar-refractivity contribution is 0.0672. The van der Waals surface area contributed by atoms with Gasteiger partial charge < -0.3 is 18.9 Å². The van der Waals surface area contributed by atoms with Crippen molar-refractivity contribution in [3.8, 4) is 17.2 Å². The molecule has 1 atom stereocenters. The fraction of sp³-hybridized carbons (Fsp3) is 0.450. The molecule has 2 aliphatic heterocycles. The van der Waals surface area contributed by atoms with Crippen molar-refractivity contribution in [1.82, 2.24) is 9.88 Å². The molecule has 1 fully saturated rings. The van der Waals surface area contributed by atoms with Crippen molar-refractivity contribution in [3.63, 3.8) is 0 Å². The minimum atomic E-state index is 0.259. The number of fused-ring (bicyclic) bond motifs is 1. The van der Waals surface area contributed by atoms with Crippen LogP contribution in [-0.2, 0) is 17.8 Å². The number of pyridine rings is 1. The average Bonchev–Trinajstić information content (AvgIpc) is 3.33. The molecule has 1 aromatic carbocycles. The molecular formula is C20H24N2O4. The van der Waals surface area contributed by atoms with Gasteiger partial charge in [-0.3, -0.25) is 9.88 Å². The molecule has 3 heterocycles. The molecule has 138 valence electrons. The number of hydrogen-bond donors (Lipinski definition) is 0. The third-order valence-corrected chi connectivity index (χ3v) is 4.77. The monoisotopic (exact) mass is 356 g/mol. The maximum Gasteiger partial charge on any atom is 0.231 e. The largest absolute Gasteiger partial charge is 0.496 e. The first kappa shape index (κ1) is 17.1. The van der Waals surface area contributed by atoms with E-state index in [0.29, 0.717) is 0 Å². The van der Waals surface area contributed by atoms with Gasteiger partial charge >= 0.3 is 0 Å². The van der Waals surface area contributed by atoms with Crippen molar-refractivity contribution in [3.05, 3.63) is 47.8 Å². The fourth-order valence-electron chi connectivity index (χ4n) is 3.50. The average molecular weight is 356 g/mol. The summed E-state index contributed by atoms with van der Waals surface area (Å²) in [5, 5.41) is 0. The van der Waals surface area contributed by atoms with E-state index in [2.05, 4.69) is 16.0 Å². The maximum absolute atomic E-state index is 5.85. The van der Waals surface area contributed by atoms with Gasteiger partial charge in [0.2, 0.25) is 6.79 Å². The van der Waals surface area contributed by atoms with Crippen molar-refractivity contribution < 1.29 is 18.9 Å². The second-order valence-electron chi connectivity index (χ2n) is 6.64. The van der Waals surface area contributed by atoms with Crippen molar-refractivity contribution in [1.29, 1.82) is 0 Å². The molecule has 6 nitrogen and oxygen atoms in total. The van der Waals surface area contributed by atoms with E-state index in [0.717, 1.165) is 67.6 Å². The summed E-state index contributed by atoms with van der Waals surface area (Å²) in [6.45, 7) is 3.48. The van der Waals surface area contributed by atoms with Crippen LogP contribution < -0.4 is 14.2 Å². The number of nitrogens with zero attached hydrogens (tertiary/aromatic N) is 2. The molecule has 1 aromatic heterocycles. The highest BCUT2D eigenvalue weighted by atomic mass is 16.7. The summed E-state index contributed by atoms with van der Waals surface area (Å²) < 4.78 is 22.4. The summed E-state index contributed by atoms with van der Waals surface area (Å²) >= 11 is 0. The van der Waals surface area contributed by atoms with Crippen molar-refractivity contribution >= 4 is 0 Å². The highest BCUT2D eigenvalue weighted by molar-refractivity contribution is 5.51. The number of hydrogen-bond acceptors (Lipinski definition) is 6. The van der Waals surface area contributed by atoms with Gasteiger partial charge in [0, 0.05) is 44.1 Å². The number of rotatable bonds is 7. The van der Waals surface area contributed by atoms with Gasteiger partial charge in [0.1, 0.15) is 5.75 Å². The molecule has 0 spiro atoms. The molecule has 1 unspecified atom stereocenters. The molecular weight excluding hydrogens is 332 g/mol. The van der Waals surface area contributed by atoms with Gasteiger partial charge in [0.05, 0.1) is 18.9 Å². The van der Waals surface area contributed by atoms with Crippen LogP contribution in [-0.4, -0.2) is 43.0 Å². The zero-order valence-electron chi connectivity index (χ0n) is 15.0. The summed E-state index contributed by atoms with van der Waals surface area (Å²) in [5.41, 5.74) is 2.12. The number of benzene rings is 1. The van der Waals surface area contributed by atoms with E-state index < -0.39 is 0 Å². The van der Waals surface area contributed by atoms with Crippen LogP contribution in [0.5, 0.6) is 17.2 Å². The Morgan fingerprint density at radius 3 is 2.81 bits per heavy atom. The Morgan fingerprint density at radius 1 is 1.19 bits per heavy atom. The Balaban J connectivity index is 1.55. The topological polar surface area (TPSA) is 53.1 Å². The van der Waals surface area contributed by atoms with Gasteiger partial charge in [-0.25, -0.2) is 0 Å². The highest BCUT2D eigenvalue weighted by Crippen LogP contribution is 2.38. The smallest absolute Gasteiger partial charge is 0.231 e. The Kier molecular flexibility index (Phi) is 5.22. The van der Waals surface area contributed by atoms with Crippen LogP contribution in [0.1, 0.15) is 24.1 Å². The van der Waals surface area contributed by atoms with Crippen LogP contribution >= 0.6 is 0 Å². The maximum atomic E-state index is 5.85. The zero-order chi connectivity index (χ0) is 17.8. The molecule has 2 aromatic rings. The third-order valence-electron chi connectivity index (χ3n) is 4.77. The Morgan fingerprint density at radius 2 is 2.08 bits per heavy atom. The van der Waals surface area contributed by atoms with Crippen LogP contribution in [0.3, 0.4) is 0 Å². The molecule has 2 aliphatic rings. The van der Waals surface area contributed by atoms with Crippen LogP contribution in [0.4, 0.5) is 0 Å². The van der Waals surface area contributed by atoms with Crippen LogP contribution in [0.15, 0.2) is 36.5 Å². The first-order valence-corrected chi connectivity index (χ1v) is 9.02. The second kappa shape index (κ2) is 7.93. The molecule has 0 radical (unpaired) electrons. The summed E-state index contributed by atoms with van der Waals surface area (Å²) in [7, 11) is 1.68. The van der Waals surface area contributed by atoms with E-state index >= 15 is 0 Å². The molecule has 0 amide bonds.